The van der Waals surface area contributed by atoms with Crippen LogP contribution < -0.4 is 5.56 Å². The van der Waals surface area contributed by atoms with E-state index < -0.39 is 0 Å². The average molecular weight is 313 g/mol. The van der Waals surface area contributed by atoms with Crippen LogP contribution in [0.25, 0.3) is 4.96 Å². The fourth-order valence-electron chi connectivity index (χ4n) is 2.29. The van der Waals surface area contributed by atoms with Gasteiger partial charge in [0, 0.05) is 24.8 Å². The van der Waals surface area contributed by atoms with Gasteiger partial charge in [-0.25, -0.2) is 4.98 Å². The Hall–Kier alpha value is -2.47. The molecule has 3 rings (SSSR count). The van der Waals surface area contributed by atoms with Crippen LogP contribution in [0.4, 0.5) is 0 Å². The molecule has 1 aromatic carbocycles. The molecule has 0 radical (unpaired) electrons. The SMILES string of the molecule is CC(c1ccccc1)N(C)C(=O)c1cnc2sccn2c1=O. The predicted molar refractivity (Wildman–Crippen MR) is 86.3 cm³/mol. The summed E-state index contributed by atoms with van der Waals surface area (Å²) in [6, 6.07) is 9.58. The predicted octanol–water partition coefficient (Wildman–Crippen LogP) is 2.59. The van der Waals surface area contributed by atoms with Crippen LogP contribution in [-0.4, -0.2) is 27.2 Å². The average Bonchev–Trinajstić information content (AvgIpc) is 3.03. The van der Waals surface area contributed by atoms with Crippen molar-refractivity contribution in [3.8, 4) is 0 Å². The summed E-state index contributed by atoms with van der Waals surface area (Å²) in [5.41, 5.74) is 0.771. The lowest BCUT2D eigenvalue weighted by atomic mass is 10.1. The number of hydrogen-bond donors (Lipinski definition) is 0. The summed E-state index contributed by atoms with van der Waals surface area (Å²) in [6.07, 6.45) is 3.00. The molecule has 0 saturated carbocycles. The van der Waals surface area contributed by atoms with Gasteiger partial charge >= 0.3 is 0 Å². The van der Waals surface area contributed by atoms with Crippen LogP contribution in [0.2, 0.25) is 0 Å². The van der Waals surface area contributed by atoms with E-state index in [0.29, 0.717) is 4.96 Å². The maximum Gasteiger partial charge on any atom is 0.271 e. The highest BCUT2D eigenvalue weighted by molar-refractivity contribution is 7.15. The number of fused-ring (bicyclic) bond motifs is 1. The molecule has 0 fully saturated rings. The van der Waals surface area contributed by atoms with Gasteiger partial charge in [0.2, 0.25) is 0 Å². The Balaban J connectivity index is 1.95. The van der Waals surface area contributed by atoms with E-state index in [4.69, 9.17) is 0 Å². The van der Waals surface area contributed by atoms with Gasteiger partial charge in [0.15, 0.2) is 4.96 Å². The molecule has 0 bridgehead atoms. The van der Waals surface area contributed by atoms with Crippen molar-refractivity contribution in [2.75, 3.05) is 7.05 Å². The number of rotatable bonds is 3. The number of amides is 1. The lowest BCUT2D eigenvalue weighted by Gasteiger charge is -2.25. The molecule has 0 spiro atoms. The van der Waals surface area contributed by atoms with Gasteiger partial charge in [-0.2, -0.15) is 0 Å². The summed E-state index contributed by atoms with van der Waals surface area (Å²) in [6.45, 7) is 1.93. The number of thiazole rings is 1. The van der Waals surface area contributed by atoms with Gasteiger partial charge in [-0.15, -0.1) is 11.3 Å². The Morgan fingerprint density at radius 2 is 2.05 bits per heavy atom. The van der Waals surface area contributed by atoms with Crippen molar-refractivity contribution in [3.05, 3.63) is 69.6 Å². The van der Waals surface area contributed by atoms with Crippen LogP contribution in [0.3, 0.4) is 0 Å². The van der Waals surface area contributed by atoms with Crippen molar-refractivity contribution in [2.45, 2.75) is 13.0 Å². The topological polar surface area (TPSA) is 54.7 Å². The number of nitrogens with zero attached hydrogens (tertiary/aromatic N) is 3. The molecule has 0 N–H and O–H groups in total. The second-order valence-corrected chi connectivity index (χ2v) is 5.91. The summed E-state index contributed by atoms with van der Waals surface area (Å²) in [5.74, 6) is -0.325. The van der Waals surface area contributed by atoms with Gasteiger partial charge in [-0.3, -0.25) is 14.0 Å². The number of carbonyl (C=O) groups excluding carboxylic acids is 1. The minimum absolute atomic E-state index is 0.0844. The maximum atomic E-state index is 12.6. The molecular weight excluding hydrogens is 298 g/mol. The molecule has 2 aromatic heterocycles. The summed E-state index contributed by atoms with van der Waals surface area (Å²) >= 11 is 1.36. The lowest BCUT2D eigenvalue weighted by Crippen LogP contribution is -2.34. The van der Waals surface area contributed by atoms with Crippen molar-refractivity contribution in [2.24, 2.45) is 0 Å². The fraction of sp³-hybridized carbons (Fsp3) is 0.188. The summed E-state index contributed by atoms with van der Waals surface area (Å²) in [7, 11) is 1.70. The monoisotopic (exact) mass is 313 g/mol. The molecular formula is C16H15N3O2S. The highest BCUT2D eigenvalue weighted by Gasteiger charge is 2.22. The molecule has 0 aliphatic rings. The normalized spacial score (nSPS) is 12.3. The molecule has 0 aliphatic heterocycles. The van der Waals surface area contributed by atoms with Crippen molar-refractivity contribution in [1.82, 2.24) is 14.3 Å². The molecule has 3 aromatic rings. The van der Waals surface area contributed by atoms with Crippen LogP contribution in [-0.2, 0) is 0 Å². The summed E-state index contributed by atoms with van der Waals surface area (Å²) < 4.78 is 1.40. The molecule has 2 heterocycles. The Bertz CT molecular complexity index is 870. The zero-order chi connectivity index (χ0) is 15.7. The fourth-order valence-corrected chi connectivity index (χ4v) is 2.97. The smallest absolute Gasteiger partial charge is 0.271 e. The third-order valence-electron chi connectivity index (χ3n) is 3.76. The minimum atomic E-state index is -0.330. The van der Waals surface area contributed by atoms with Crippen LogP contribution in [0, 0.1) is 0 Å². The van der Waals surface area contributed by atoms with Crippen molar-refractivity contribution < 1.29 is 4.79 Å². The summed E-state index contributed by atoms with van der Waals surface area (Å²) in [4.78, 5) is 31.3. The molecule has 0 aliphatic carbocycles. The Kier molecular flexibility index (Phi) is 3.77. The lowest BCUT2D eigenvalue weighted by molar-refractivity contribution is 0.0740. The number of aromatic nitrogens is 2. The first-order valence-corrected chi connectivity index (χ1v) is 7.74. The Morgan fingerprint density at radius 3 is 2.77 bits per heavy atom. The zero-order valence-electron chi connectivity index (χ0n) is 12.3. The molecule has 0 saturated heterocycles. The Labute approximate surface area is 131 Å². The second-order valence-electron chi connectivity index (χ2n) is 5.04. The first kappa shape index (κ1) is 14.5. The van der Waals surface area contributed by atoms with E-state index in [1.165, 1.54) is 21.9 Å². The minimum Gasteiger partial charge on any atom is -0.335 e. The van der Waals surface area contributed by atoms with Gasteiger partial charge < -0.3 is 4.90 Å². The van der Waals surface area contributed by atoms with Crippen molar-refractivity contribution >= 4 is 22.2 Å². The van der Waals surface area contributed by atoms with Gasteiger partial charge in [0.05, 0.1) is 6.04 Å². The third-order valence-corrected chi connectivity index (χ3v) is 4.53. The third kappa shape index (κ3) is 2.42. The first-order valence-electron chi connectivity index (χ1n) is 6.86. The molecule has 1 atom stereocenters. The van der Waals surface area contributed by atoms with E-state index in [0.717, 1.165) is 5.56 Å². The number of benzene rings is 1. The van der Waals surface area contributed by atoms with E-state index in [1.807, 2.05) is 37.3 Å². The van der Waals surface area contributed by atoms with E-state index in [9.17, 15) is 9.59 Å². The highest BCUT2D eigenvalue weighted by atomic mass is 32.1. The van der Waals surface area contributed by atoms with Crippen LogP contribution >= 0.6 is 11.3 Å². The second kappa shape index (κ2) is 5.73. The van der Waals surface area contributed by atoms with Gasteiger partial charge in [-0.1, -0.05) is 30.3 Å². The van der Waals surface area contributed by atoms with Gasteiger partial charge in [-0.05, 0) is 12.5 Å². The standard InChI is InChI=1S/C16H15N3O2S/c1-11(12-6-4-3-5-7-12)18(2)14(20)13-10-17-16-19(15(13)21)8-9-22-16/h3-11H,1-2H3. The molecule has 22 heavy (non-hydrogen) atoms. The first-order chi connectivity index (χ1) is 10.6. The van der Waals surface area contributed by atoms with Crippen molar-refractivity contribution in [3.63, 3.8) is 0 Å². The molecule has 6 heteroatoms. The van der Waals surface area contributed by atoms with E-state index in [2.05, 4.69) is 4.98 Å². The molecule has 5 nitrogen and oxygen atoms in total. The van der Waals surface area contributed by atoms with E-state index in [1.54, 1.807) is 23.5 Å². The summed E-state index contributed by atoms with van der Waals surface area (Å²) in [5, 5.41) is 1.77. The zero-order valence-corrected chi connectivity index (χ0v) is 13.1. The van der Waals surface area contributed by atoms with E-state index in [-0.39, 0.29) is 23.1 Å². The maximum absolute atomic E-state index is 12.6. The number of hydrogen-bond acceptors (Lipinski definition) is 4. The Morgan fingerprint density at radius 1 is 1.32 bits per heavy atom. The van der Waals surface area contributed by atoms with Gasteiger partial charge in [0.25, 0.3) is 11.5 Å². The van der Waals surface area contributed by atoms with Gasteiger partial charge in [0.1, 0.15) is 5.56 Å². The largest absolute Gasteiger partial charge is 0.335 e. The molecule has 112 valence electrons. The molecule has 1 amide bonds. The number of carbonyl (C=O) groups is 1. The van der Waals surface area contributed by atoms with Crippen LogP contribution in [0.15, 0.2) is 52.9 Å². The molecule has 1 unspecified atom stereocenters. The van der Waals surface area contributed by atoms with E-state index >= 15 is 0 Å². The van der Waals surface area contributed by atoms with Crippen LogP contribution in [0.1, 0.15) is 28.9 Å². The van der Waals surface area contributed by atoms with Crippen LogP contribution in [0.5, 0.6) is 0 Å². The highest BCUT2D eigenvalue weighted by Crippen LogP contribution is 2.19. The quantitative estimate of drug-likeness (QED) is 0.747. The van der Waals surface area contributed by atoms with Crippen molar-refractivity contribution in [1.29, 1.82) is 0 Å².